The summed E-state index contributed by atoms with van der Waals surface area (Å²) < 4.78 is 46.0. The Balaban J connectivity index is 1.56. The lowest BCUT2D eigenvalue weighted by Gasteiger charge is -2.28. The van der Waals surface area contributed by atoms with Gasteiger partial charge in [-0.05, 0) is 58.6 Å². The molecule has 0 spiro atoms. The minimum absolute atomic E-state index is 0.100. The molecule has 41 heavy (non-hydrogen) atoms. The number of hydrogen-bond acceptors (Lipinski definition) is 12. The van der Waals surface area contributed by atoms with Crippen molar-refractivity contribution >= 4 is 41.5 Å². The van der Waals surface area contributed by atoms with Crippen molar-refractivity contribution in [2.24, 2.45) is 0 Å². The van der Waals surface area contributed by atoms with Crippen LogP contribution in [-0.4, -0.2) is 73.8 Å². The Bertz CT molecular complexity index is 1410. The van der Waals surface area contributed by atoms with E-state index in [4.69, 9.17) is 40.8 Å². The number of imidazole rings is 1. The standard InChI is InChI=1S/C25H34FN6O7PS/c1-6-35-21-18-20(29-24(27)30-21)32(13-28-18)23-25(5,26)19(33)17(38-23)12-36-40(41,39-16-10-8-7-9-11-16)31-15(4)22(34)37-14(2)3/h7-11,13-15,17,19,23,33H,6,12H2,1-5H3,(H,31,41)(H2,27,29,30)/t15?,17?,19-,23?,25-,40?/m1/s1. The molecular formula is C25H34FN6O7PS. The van der Waals surface area contributed by atoms with E-state index in [2.05, 4.69) is 20.0 Å². The van der Waals surface area contributed by atoms with Crippen LogP contribution in [0.25, 0.3) is 11.2 Å². The number of hydrogen-bond donors (Lipinski definition) is 3. The van der Waals surface area contributed by atoms with E-state index in [-0.39, 0.29) is 35.7 Å². The van der Waals surface area contributed by atoms with Crippen LogP contribution >= 0.6 is 6.64 Å². The van der Waals surface area contributed by atoms with Crippen molar-refractivity contribution in [3.8, 4) is 11.6 Å². The Labute approximate surface area is 241 Å². The number of aliphatic hydroxyl groups excluding tert-OH is 1. The molecule has 1 aliphatic heterocycles. The number of ether oxygens (including phenoxy) is 3. The maximum Gasteiger partial charge on any atom is 0.323 e. The third-order valence-corrected chi connectivity index (χ3v) is 8.59. The number of rotatable bonds is 12. The zero-order valence-corrected chi connectivity index (χ0v) is 25.0. The minimum Gasteiger partial charge on any atom is -0.476 e. The highest BCUT2D eigenvalue weighted by atomic mass is 32.5. The molecule has 2 aromatic heterocycles. The zero-order valence-electron chi connectivity index (χ0n) is 23.3. The van der Waals surface area contributed by atoms with Gasteiger partial charge in [-0.2, -0.15) is 9.97 Å². The lowest BCUT2D eigenvalue weighted by atomic mass is 9.98. The van der Waals surface area contributed by atoms with Gasteiger partial charge in [-0.3, -0.25) is 9.36 Å². The average Bonchev–Trinajstić information content (AvgIpc) is 3.41. The molecule has 0 bridgehead atoms. The van der Waals surface area contributed by atoms with Crippen LogP contribution in [0.1, 0.15) is 40.8 Å². The van der Waals surface area contributed by atoms with Gasteiger partial charge in [0.05, 0.1) is 25.6 Å². The van der Waals surface area contributed by atoms with Crippen molar-refractivity contribution in [3.05, 3.63) is 36.7 Å². The zero-order chi connectivity index (χ0) is 29.9. The van der Waals surface area contributed by atoms with Crippen LogP contribution in [0.2, 0.25) is 0 Å². The summed E-state index contributed by atoms with van der Waals surface area (Å²) in [6, 6.07) is 7.75. The second kappa shape index (κ2) is 12.5. The molecule has 4 unspecified atom stereocenters. The number of carbonyl (C=O) groups is 1. The van der Waals surface area contributed by atoms with Crippen LogP contribution in [0, 0.1) is 0 Å². The number of halogens is 1. The second-order valence-corrected chi connectivity index (χ2v) is 12.9. The fourth-order valence-electron chi connectivity index (χ4n) is 4.17. The number of aliphatic hydroxyl groups is 1. The van der Waals surface area contributed by atoms with E-state index >= 15 is 4.39 Å². The first-order valence-corrected chi connectivity index (χ1v) is 15.6. The molecule has 3 heterocycles. The normalized spacial score (nSPS) is 24.7. The summed E-state index contributed by atoms with van der Waals surface area (Å²) in [5.74, 6) is -0.122. The number of nitrogens with one attached hydrogen (secondary N) is 1. The molecule has 4 N–H and O–H groups in total. The summed E-state index contributed by atoms with van der Waals surface area (Å²) in [7, 11) is 0. The van der Waals surface area contributed by atoms with Crippen molar-refractivity contribution in [2.75, 3.05) is 18.9 Å². The number of anilines is 1. The fraction of sp³-hybridized carbons (Fsp3) is 0.520. The maximum absolute atomic E-state index is 16.1. The number of esters is 1. The Morgan fingerprint density at radius 2 is 2.02 bits per heavy atom. The number of nitrogen functional groups attached to an aromatic ring is 1. The third kappa shape index (κ3) is 6.93. The minimum atomic E-state index is -3.46. The molecule has 16 heteroatoms. The quantitative estimate of drug-likeness (QED) is 0.202. The van der Waals surface area contributed by atoms with Crippen LogP contribution < -0.4 is 20.1 Å². The topological polar surface area (TPSA) is 165 Å². The molecule has 1 saturated heterocycles. The molecule has 1 fully saturated rings. The predicted octanol–water partition coefficient (Wildman–Crippen LogP) is 3.04. The van der Waals surface area contributed by atoms with Crippen LogP contribution in [0.4, 0.5) is 10.3 Å². The summed E-state index contributed by atoms with van der Waals surface area (Å²) >= 11 is 5.71. The highest BCUT2D eigenvalue weighted by Gasteiger charge is 2.56. The maximum atomic E-state index is 16.1. The molecule has 1 aromatic carbocycles. The summed E-state index contributed by atoms with van der Waals surface area (Å²) in [6.45, 7) is 4.45. The van der Waals surface area contributed by atoms with Crippen LogP contribution in [0.15, 0.2) is 36.7 Å². The molecule has 224 valence electrons. The highest BCUT2D eigenvalue weighted by Crippen LogP contribution is 2.48. The van der Waals surface area contributed by atoms with Crippen molar-refractivity contribution in [3.63, 3.8) is 0 Å². The Morgan fingerprint density at radius 1 is 1.32 bits per heavy atom. The van der Waals surface area contributed by atoms with E-state index in [1.807, 2.05) is 0 Å². The number of aromatic nitrogens is 4. The van der Waals surface area contributed by atoms with E-state index in [0.29, 0.717) is 12.4 Å². The average molecular weight is 613 g/mol. The fourth-order valence-corrected chi connectivity index (χ4v) is 6.59. The molecule has 0 aliphatic carbocycles. The van der Waals surface area contributed by atoms with Gasteiger partial charge in [-0.1, -0.05) is 18.2 Å². The molecule has 0 saturated carbocycles. The number of alkyl halides is 1. The van der Waals surface area contributed by atoms with Gasteiger partial charge >= 0.3 is 12.6 Å². The van der Waals surface area contributed by atoms with Gasteiger partial charge in [0.15, 0.2) is 23.1 Å². The predicted molar refractivity (Wildman–Crippen MR) is 151 cm³/mol. The van der Waals surface area contributed by atoms with Gasteiger partial charge in [-0.15, -0.1) is 0 Å². The van der Waals surface area contributed by atoms with Crippen LogP contribution in [-0.2, 0) is 30.6 Å². The van der Waals surface area contributed by atoms with E-state index in [9.17, 15) is 9.90 Å². The first kappa shape index (κ1) is 31.0. The van der Waals surface area contributed by atoms with Crippen LogP contribution in [0.3, 0.4) is 0 Å². The van der Waals surface area contributed by atoms with Gasteiger partial charge in [0.1, 0.15) is 24.0 Å². The molecule has 4 rings (SSSR count). The highest BCUT2D eigenvalue weighted by molar-refractivity contribution is 8.09. The molecule has 3 aromatic rings. The summed E-state index contributed by atoms with van der Waals surface area (Å²) in [6.07, 6.45) is -3.21. The van der Waals surface area contributed by atoms with E-state index in [0.717, 1.165) is 0 Å². The summed E-state index contributed by atoms with van der Waals surface area (Å²) in [4.78, 5) is 25.0. The number of fused-ring (bicyclic) bond motifs is 1. The number of carbonyl (C=O) groups excluding carboxylic acids is 1. The SMILES string of the molecule is CCOc1nc(N)nc2c1ncn2C1OC(COP(=S)(NC(C)C(=O)OC(C)C)Oc2ccccc2)[C@@H](O)[C@@]1(C)F. The number of nitrogens with two attached hydrogens (primary N) is 1. The monoisotopic (exact) mass is 612 g/mol. The largest absolute Gasteiger partial charge is 0.476 e. The Hall–Kier alpha value is -2.94. The van der Waals surface area contributed by atoms with E-state index in [1.54, 1.807) is 58.0 Å². The molecule has 1 aliphatic rings. The van der Waals surface area contributed by atoms with Crippen molar-refractivity contribution < 1.29 is 37.5 Å². The van der Waals surface area contributed by atoms with Crippen molar-refractivity contribution in [1.82, 2.24) is 24.6 Å². The number of nitrogens with zero attached hydrogens (tertiary/aromatic N) is 4. The van der Waals surface area contributed by atoms with Gasteiger partial charge in [0.2, 0.25) is 11.8 Å². The molecule has 6 atom stereocenters. The Morgan fingerprint density at radius 3 is 2.68 bits per heavy atom. The third-order valence-electron chi connectivity index (χ3n) is 6.09. The van der Waals surface area contributed by atoms with Gasteiger partial charge in [-0.25, -0.2) is 14.5 Å². The van der Waals surface area contributed by atoms with E-state index in [1.165, 1.54) is 17.8 Å². The molecule has 13 nitrogen and oxygen atoms in total. The van der Waals surface area contributed by atoms with Crippen molar-refractivity contribution in [2.45, 2.75) is 70.9 Å². The van der Waals surface area contributed by atoms with Crippen LogP contribution in [0.5, 0.6) is 11.6 Å². The lowest BCUT2D eigenvalue weighted by Crippen LogP contribution is -2.41. The van der Waals surface area contributed by atoms with Gasteiger partial charge < -0.3 is 34.1 Å². The lowest BCUT2D eigenvalue weighted by molar-refractivity contribution is -0.149. The number of para-hydroxylation sites is 1. The smallest absolute Gasteiger partial charge is 0.323 e. The van der Waals surface area contributed by atoms with E-state index < -0.39 is 42.8 Å². The summed E-state index contributed by atoms with van der Waals surface area (Å²) in [5.41, 5.74) is 3.96. The number of benzene rings is 1. The second-order valence-electron chi connectivity index (χ2n) is 9.80. The van der Waals surface area contributed by atoms with Gasteiger partial charge in [0.25, 0.3) is 0 Å². The first-order valence-electron chi connectivity index (χ1n) is 13.0. The summed E-state index contributed by atoms with van der Waals surface area (Å²) in [5, 5.41) is 13.9. The molecule has 0 amide bonds. The van der Waals surface area contributed by atoms with Gasteiger partial charge in [0, 0.05) is 0 Å². The molecular weight excluding hydrogens is 578 g/mol. The molecule has 0 radical (unpaired) electrons. The first-order chi connectivity index (χ1) is 19.3. The Kier molecular flexibility index (Phi) is 9.46. The van der Waals surface area contributed by atoms with Crippen molar-refractivity contribution in [1.29, 1.82) is 0 Å².